The van der Waals surface area contributed by atoms with Crippen LogP contribution in [0.4, 0.5) is 17.6 Å². The number of likely N-dealkylation sites (tertiary alicyclic amines) is 1. The molecule has 12 nitrogen and oxygen atoms in total. The van der Waals surface area contributed by atoms with Gasteiger partial charge in [-0.25, -0.2) is 17.6 Å². The molecule has 0 radical (unpaired) electrons. The molecule has 1 N–H and O–H groups in total. The molecule has 1 saturated carbocycles. The van der Waals surface area contributed by atoms with Gasteiger partial charge in [0.25, 0.3) is 11.8 Å². The molecule has 4 aromatic rings. The van der Waals surface area contributed by atoms with E-state index in [1.807, 2.05) is 18.7 Å². The summed E-state index contributed by atoms with van der Waals surface area (Å²) in [7, 11) is 9.08. The zero-order valence-electron chi connectivity index (χ0n) is 43.6. The average molecular weight is 1020 g/mol. The van der Waals surface area contributed by atoms with Crippen LogP contribution in [0.2, 0.25) is 0 Å². The molecule has 3 aliphatic rings. The number of halogens is 4. The molecule has 4 aromatic carbocycles. The number of nitrogens with one attached hydrogen (secondary N) is 1. The molecule has 3 fully saturated rings. The lowest BCUT2D eigenvalue weighted by atomic mass is 9.88. The molecule has 2 saturated heterocycles. The fourth-order valence-corrected chi connectivity index (χ4v) is 10.2. The van der Waals surface area contributed by atoms with Crippen molar-refractivity contribution in [1.82, 2.24) is 20.0 Å². The normalized spacial score (nSPS) is 17.7. The van der Waals surface area contributed by atoms with Crippen molar-refractivity contribution in [2.75, 3.05) is 88.5 Å². The quantitative estimate of drug-likeness (QED) is 0.0967. The van der Waals surface area contributed by atoms with Crippen LogP contribution in [-0.2, 0) is 0 Å². The van der Waals surface area contributed by atoms with Crippen LogP contribution >= 0.6 is 0 Å². The maximum atomic E-state index is 14.4. The van der Waals surface area contributed by atoms with Gasteiger partial charge in [0.1, 0.15) is 23.3 Å². The molecule has 396 valence electrons. The van der Waals surface area contributed by atoms with Gasteiger partial charge in [0.15, 0.2) is 23.0 Å². The van der Waals surface area contributed by atoms with Gasteiger partial charge in [0.05, 0.1) is 42.7 Å². The molecular weight excluding hydrogens is 945 g/mol. The van der Waals surface area contributed by atoms with Crippen LogP contribution in [0.3, 0.4) is 0 Å². The summed E-state index contributed by atoms with van der Waals surface area (Å²) in [5.41, 5.74) is 2.97. The minimum absolute atomic E-state index is 0.00894. The van der Waals surface area contributed by atoms with Crippen LogP contribution < -0.4 is 33.7 Å². The van der Waals surface area contributed by atoms with E-state index in [9.17, 15) is 27.2 Å². The van der Waals surface area contributed by atoms with Crippen molar-refractivity contribution in [3.05, 3.63) is 117 Å². The predicted molar refractivity (Wildman–Crippen MR) is 276 cm³/mol. The van der Waals surface area contributed by atoms with Crippen molar-refractivity contribution in [2.45, 2.75) is 83.7 Å². The topological polar surface area (TPSA) is 111 Å². The van der Waals surface area contributed by atoms with E-state index in [-0.39, 0.29) is 29.5 Å². The summed E-state index contributed by atoms with van der Waals surface area (Å²) in [5.74, 6) is 0.279. The Hall–Kier alpha value is -6.26. The molecular formula is C57H72F4N4O8. The Morgan fingerprint density at radius 3 is 1.45 bits per heavy atom. The highest BCUT2D eigenvalue weighted by Gasteiger charge is 2.33. The molecule has 2 amide bonds. The summed E-state index contributed by atoms with van der Waals surface area (Å²) in [6.45, 7) is 8.77. The molecule has 0 aromatic heterocycles. The molecule has 73 heavy (non-hydrogen) atoms. The summed E-state index contributed by atoms with van der Waals surface area (Å²) in [6.07, 6.45) is 13.5. The minimum atomic E-state index is -0.642. The average Bonchev–Trinajstić information content (AvgIpc) is 3.40. The minimum Gasteiger partial charge on any atom is -0.493 e. The third-order valence-electron chi connectivity index (χ3n) is 13.8. The molecule has 16 heteroatoms. The van der Waals surface area contributed by atoms with Gasteiger partial charge in [0, 0.05) is 79.2 Å². The van der Waals surface area contributed by atoms with Crippen molar-refractivity contribution < 1.29 is 55.6 Å². The number of rotatable bonds is 18. The Labute approximate surface area is 428 Å². The Bertz CT molecular complexity index is 2510. The first-order chi connectivity index (χ1) is 35.2. The largest absolute Gasteiger partial charge is 0.493 e. The predicted octanol–water partition coefficient (Wildman–Crippen LogP) is 10.9. The molecule has 2 atom stereocenters. The number of hydrogen-bond donors (Lipinski definition) is 1. The van der Waals surface area contributed by atoms with Gasteiger partial charge >= 0.3 is 0 Å². The second kappa shape index (κ2) is 27.2. The summed E-state index contributed by atoms with van der Waals surface area (Å²) in [6, 6.07) is 13.6. The van der Waals surface area contributed by atoms with E-state index in [4.69, 9.17) is 28.4 Å². The van der Waals surface area contributed by atoms with E-state index >= 15 is 0 Å². The van der Waals surface area contributed by atoms with Gasteiger partial charge in [-0.15, -0.1) is 0 Å². The summed E-state index contributed by atoms with van der Waals surface area (Å²) in [5, 5.41) is 3.34. The summed E-state index contributed by atoms with van der Waals surface area (Å²) in [4.78, 5) is 34.0. The number of benzene rings is 4. The molecule has 2 unspecified atom stereocenters. The van der Waals surface area contributed by atoms with Crippen LogP contribution in [0.25, 0.3) is 12.2 Å². The molecule has 0 spiro atoms. The van der Waals surface area contributed by atoms with Crippen molar-refractivity contribution in [2.24, 2.45) is 5.92 Å². The maximum Gasteiger partial charge on any atom is 0.254 e. The third-order valence-corrected chi connectivity index (χ3v) is 13.8. The fourth-order valence-electron chi connectivity index (χ4n) is 10.2. The van der Waals surface area contributed by atoms with Gasteiger partial charge in [-0.2, -0.15) is 0 Å². The number of ether oxygens (including phenoxy) is 6. The monoisotopic (exact) mass is 1020 g/mol. The number of carbonyl (C=O) groups is 2. The second-order valence-electron chi connectivity index (χ2n) is 19.1. The molecule has 1 aliphatic carbocycles. The van der Waals surface area contributed by atoms with Gasteiger partial charge in [-0.3, -0.25) is 9.59 Å². The van der Waals surface area contributed by atoms with E-state index in [0.29, 0.717) is 70.8 Å². The van der Waals surface area contributed by atoms with Crippen LogP contribution in [-0.4, -0.2) is 127 Å². The SMILES string of the molecule is COc1cc(C(=O)N(C/C(C)=C/c2ccc(F)cc2F)C2CCCN(CC3CCCCC3)C2)cc(OC)c1OC.COc1cc(C(=O)N(C/C(C)=C/c2ccc(F)cc2F)C2CCCNC2)cc(OC)c1OC. The van der Waals surface area contributed by atoms with Gasteiger partial charge in [-0.1, -0.05) is 42.6 Å². The summed E-state index contributed by atoms with van der Waals surface area (Å²) >= 11 is 0. The van der Waals surface area contributed by atoms with Gasteiger partial charge in [0.2, 0.25) is 11.5 Å². The first kappa shape index (κ1) is 56.0. The smallest absolute Gasteiger partial charge is 0.254 e. The molecule has 0 bridgehead atoms. The van der Waals surface area contributed by atoms with E-state index < -0.39 is 23.3 Å². The Morgan fingerprint density at radius 2 is 1.04 bits per heavy atom. The van der Waals surface area contributed by atoms with Gasteiger partial charge in [-0.05, 0) is 120 Å². The number of methoxy groups -OCH3 is 6. The third kappa shape index (κ3) is 14.9. The molecule has 7 rings (SSSR count). The van der Waals surface area contributed by atoms with Crippen LogP contribution in [0.15, 0.2) is 71.8 Å². The van der Waals surface area contributed by atoms with E-state index in [1.54, 1.807) is 41.3 Å². The maximum absolute atomic E-state index is 14.4. The molecule has 2 aliphatic heterocycles. The first-order valence-corrected chi connectivity index (χ1v) is 25.1. The number of piperidine rings is 2. The lowest BCUT2D eigenvalue weighted by Crippen LogP contribution is -2.51. The Morgan fingerprint density at radius 1 is 0.589 bits per heavy atom. The van der Waals surface area contributed by atoms with E-state index in [2.05, 4.69) is 10.2 Å². The fraction of sp³-hybridized carbons (Fsp3) is 0.474. The number of amides is 2. The van der Waals surface area contributed by atoms with Crippen LogP contribution in [0.5, 0.6) is 34.5 Å². The summed E-state index contributed by atoms with van der Waals surface area (Å²) < 4.78 is 88.0. The zero-order chi connectivity index (χ0) is 52.6. The Kier molecular flexibility index (Phi) is 20.8. The number of nitrogens with zero attached hydrogens (tertiary/aromatic N) is 3. The van der Waals surface area contributed by atoms with Crippen molar-refractivity contribution >= 4 is 24.0 Å². The lowest BCUT2D eigenvalue weighted by molar-refractivity contribution is 0.0538. The second-order valence-corrected chi connectivity index (χ2v) is 19.1. The van der Waals surface area contributed by atoms with E-state index in [0.717, 1.165) is 81.1 Å². The Balaban J connectivity index is 0.000000243. The van der Waals surface area contributed by atoms with Crippen molar-refractivity contribution in [3.63, 3.8) is 0 Å². The number of carbonyl (C=O) groups excluding carboxylic acids is 2. The standard InChI is InChI=1S/C32H42F2N2O4.C25H30F2N2O4/c1-22(15-24-12-13-26(33)18-28(24)34)19-36(27-11-8-14-35(21-27)20-23-9-6-5-7-10-23)32(37)25-16-29(38-2)31(40-4)30(17-25)39-3;1-16(10-17-7-8-19(26)13-21(17)27)15-29(20-6-5-9-28-14-20)25(30)18-11-22(31-2)24(33-4)23(12-18)32-3/h12-13,15-18,23,27H,5-11,14,19-21H2,1-4H3;7-8,10-13,20,28H,5-6,9,14-15H2,1-4H3/b22-15+;16-10+. The van der Waals surface area contributed by atoms with Gasteiger partial charge < -0.3 is 48.4 Å². The highest BCUT2D eigenvalue weighted by molar-refractivity contribution is 5.97. The number of hydrogen-bond acceptors (Lipinski definition) is 10. The van der Waals surface area contributed by atoms with Crippen molar-refractivity contribution in [1.29, 1.82) is 0 Å². The molecule has 2 heterocycles. The van der Waals surface area contributed by atoms with Crippen molar-refractivity contribution in [3.8, 4) is 34.5 Å². The first-order valence-electron chi connectivity index (χ1n) is 25.1. The highest BCUT2D eigenvalue weighted by Crippen LogP contribution is 2.40. The zero-order valence-corrected chi connectivity index (χ0v) is 43.6. The lowest BCUT2D eigenvalue weighted by Gasteiger charge is -2.41. The van der Waals surface area contributed by atoms with E-state index in [1.165, 1.54) is 99.0 Å². The highest BCUT2D eigenvalue weighted by atomic mass is 19.1. The van der Waals surface area contributed by atoms with Crippen LogP contribution in [0.1, 0.15) is 103 Å². The van der Waals surface area contributed by atoms with Crippen LogP contribution in [0, 0.1) is 29.2 Å².